The average Bonchev–Trinajstić information content (AvgIpc) is 3.22. The lowest BCUT2D eigenvalue weighted by atomic mass is 9.76. The van der Waals surface area contributed by atoms with E-state index in [2.05, 4.69) is 48.8 Å². The average molecular weight is 427 g/mol. The van der Waals surface area contributed by atoms with Crippen LogP contribution in [-0.2, 0) is 24.3 Å². The molecule has 4 rings (SSSR count). The van der Waals surface area contributed by atoms with Gasteiger partial charge in [-0.1, -0.05) is 33.5 Å². The van der Waals surface area contributed by atoms with Crippen molar-refractivity contribution in [3.8, 4) is 11.5 Å². The second kappa shape index (κ2) is 7.81. The number of hydrogen-bond donors (Lipinski definition) is 2. The van der Waals surface area contributed by atoms with Crippen LogP contribution in [-0.4, -0.2) is 46.5 Å². The lowest BCUT2D eigenvalue weighted by Gasteiger charge is -2.28. The zero-order chi connectivity index (χ0) is 21.5. The molecule has 0 radical (unpaired) electrons. The summed E-state index contributed by atoms with van der Waals surface area (Å²) in [5.74, 6) is 0.827. The minimum absolute atomic E-state index is 0.277. The molecule has 0 aromatic carbocycles. The molecule has 0 saturated carbocycles. The van der Waals surface area contributed by atoms with Gasteiger partial charge in [-0.15, -0.1) is 0 Å². The van der Waals surface area contributed by atoms with E-state index in [-0.39, 0.29) is 5.41 Å². The summed E-state index contributed by atoms with van der Waals surface area (Å²) in [7, 11) is 0.770. The van der Waals surface area contributed by atoms with Gasteiger partial charge in [0.25, 0.3) is 0 Å². The van der Waals surface area contributed by atoms with Gasteiger partial charge in [0, 0.05) is 27.3 Å². The van der Waals surface area contributed by atoms with Crippen LogP contribution in [0.15, 0.2) is 12.3 Å². The number of aromatic nitrogens is 5. The van der Waals surface area contributed by atoms with E-state index in [9.17, 15) is 0 Å². The fourth-order valence-corrected chi connectivity index (χ4v) is 4.75. The van der Waals surface area contributed by atoms with Gasteiger partial charge in [-0.2, -0.15) is 5.10 Å². The van der Waals surface area contributed by atoms with Crippen molar-refractivity contribution in [2.75, 3.05) is 19.0 Å². The maximum atomic E-state index is 6.07. The number of pyridine rings is 1. The molecule has 1 aliphatic carbocycles. The van der Waals surface area contributed by atoms with E-state index in [0.717, 1.165) is 60.3 Å². The summed E-state index contributed by atoms with van der Waals surface area (Å²) >= 11 is 0. The number of anilines is 1. The summed E-state index contributed by atoms with van der Waals surface area (Å²) in [5.41, 5.74) is 6.41. The molecule has 162 valence electrons. The predicted molar refractivity (Wildman–Crippen MR) is 125 cm³/mol. The monoisotopic (exact) mass is 426 g/mol. The molecule has 3 aromatic rings. The Morgan fingerprint density at radius 2 is 2.10 bits per heavy atom. The zero-order valence-corrected chi connectivity index (χ0v) is 20.1. The van der Waals surface area contributed by atoms with Gasteiger partial charge in [0.1, 0.15) is 17.9 Å². The topological polar surface area (TPSA) is 80.7 Å². The summed E-state index contributed by atoms with van der Waals surface area (Å²) in [6, 6.07) is 3.17. The van der Waals surface area contributed by atoms with Crippen LogP contribution in [0.3, 0.4) is 0 Å². The quantitative estimate of drug-likeness (QED) is 0.423. The van der Waals surface area contributed by atoms with Gasteiger partial charge in [-0.25, -0.2) is 14.6 Å². The Hall–Kier alpha value is -2.19. The van der Waals surface area contributed by atoms with Crippen molar-refractivity contribution >= 4 is 24.9 Å². The minimum Gasteiger partial charge on any atom is -0.387 e. The first-order chi connectivity index (χ1) is 14.1. The van der Waals surface area contributed by atoms with E-state index in [0.29, 0.717) is 6.73 Å². The van der Waals surface area contributed by atoms with Gasteiger partial charge < -0.3 is 15.0 Å². The highest BCUT2D eigenvalue weighted by atomic mass is 28.3. The number of nitrogens with one attached hydrogen (secondary N) is 2. The summed E-state index contributed by atoms with van der Waals surface area (Å²) < 4.78 is 8.07. The molecule has 3 aromatic heterocycles. The van der Waals surface area contributed by atoms with Crippen molar-refractivity contribution in [2.24, 2.45) is 5.41 Å². The Bertz CT molecular complexity index is 1050. The first kappa shape index (κ1) is 21.1. The summed E-state index contributed by atoms with van der Waals surface area (Å²) in [5, 5.41) is 8.10. The molecule has 0 atom stereocenters. The molecule has 2 N–H and O–H groups in total. The van der Waals surface area contributed by atoms with Crippen LogP contribution in [0.4, 0.5) is 5.69 Å². The first-order valence-corrected chi connectivity index (χ1v) is 14.6. The molecule has 30 heavy (non-hydrogen) atoms. The molecule has 7 nitrogen and oxygen atoms in total. The third-order valence-corrected chi connectivity index (χ3v) is 7.60. The highest BCUT2D eigenvalue weighted by Crippen LogP contribution is 2.38. The maximum Gasteiger partial charge on any atom is 0.158 e. The van der Waals surface area contributed by atoms with E-state index in [4.69, 9.17) is 14.8 Å². The second-order valence-corrected chi connectivity index (χ2v) is 16.0. The molecule has 3 heterocycles. The van der Waals surface area contributed by atoms with Crippen molar-refractivity contribution in [3.05, 3.63) is 23.5 Å². The number of ether oxygens (including phenoxy) is 1. The van der Waals surface area contributed by atoms with Crippen molar-refractivity contribution < 1.29 is 4.74 Å². The molecular formula is C22H34N6OSi. The predicted octanol–water partition coefficient (Wildman–Crippen LogP) is 4.69. The lowest BCUT2D eigenvalue weighted by Crippen LogP contribution is -2.22. The van der Waals surface area contributed by atoms with E-state index < -0.39 is 8.07 Å². The van der Waals surface area contributed by atoms with E-state index in [1.165, 1.54) is 11.3 Å². The second-order valence-electron chi connectivity index (χ2n) is 10.4. The molecule has 0 spiro atoms. The van der Waals surface area contributed by atoms with Gasteiger partial charge in [0.15, 0.2) is 11.5 Å². The van der Waals surface area contributed by atoms with Crippen molar-refractivity contribution in [1.29, 1.82) is 0 Å². The zero-order valence-electron chi connectivity index (χ0n) is 19.1. The van der Waals surface area contributed by atoms with Gasteiger partial charge in [0.2, 0.25) is 0 Å². The highest BCUT2D eigenvalue weighted by molar-refractivity contribution is 6.76. The van der Waals surface area contributed by atoms with Crippen LogP contribution in [0.1, 0.15) is 31.5 Å². The van der Waals surface area contributed by atoms with E-state index in [1.807, 2.05) is 24.0 Å². The molecule has 0 unspecified atom stereocenters. The highest BCUT2D eigenvalue weighted by Gasteiger charge is 2.32. The first-order valence-electron chi connectivity index (χ1n) is 10.9. The number of hydrogen-bond acceptors (Lipinski definition) is 5. The Labute approximate surface area is 179 Å². The normalized spacial score (nSPS) is 16.1. The van der Waals surface area contributed by atoms with Crippen molar-refractivity contribution in [1.82, 2.24) is 24.7 Å². The van der Waals surface area contributed by atoms with Gasteiger partial charge >= 0.3 is 0 Å². The van der Waals surface area contributed by atoms with Crippen LogP contribution in [0.5, 0.6) is 0 Å². The van der Waals surface area contributed by atoms with Gasteiger partial charge in [0.05, 0.1) is 17.6 Å². The van der Waals surface area contributed by atoms with Crippen molar-refractivity contribution in [3.63, 3.8) is 0 Å². The summed E-state index contributed by atoms with van der Waals surface area (Å²) in [6.45, 7) is 13.0. The third kappa shape index (κ3) is 4.44. The molecule has 0 saturated heterocycles. The SMILES string of the molecule is CNc1cnc2[nH]c(-c3c4c(nn3COCC[Si](C)(C)C)CC(C)(C)CC4)nc2c1. The van der Waals surface area contributed by atoms with E-state index >= 15 is 0 Å². The number of aromatic amines is 1. The third-order valence-electron chi connectivity index (χ3n) is 5.89. The molecule has 0 fully saturated rings. The molecule has 0 bridgehead atoms. The Morgan fingerprint density at radius 3 is 2.83 bits per heavy atom. The van der Waals surface area contributed by atoms with Gasteiger partial charge in [-0.3, -0.25) is 0 Å². The molecule has 0 amide bonds. The Kier molecular flexibility index (Phi) is 5.48. The van der Waals surface area contributed by atoms with Crippen molar-refractivity contribution in [2.45, 2.75) is 65.5 Å². The molecular weight excluding hydrogens is 392 g/mol. The number of rotatable bonds is 7. The van der Waals surface area contributed by atoms with Crippen LogP contribution < -0.4 is 5.32 Å². The molecule has 8 heteroatoms. The Morgan fingerprint density at radius 1 is 1.30 bits per heavy atom. The summed E-state index contributed by atoms with van der Waals surface area (Å²) in [4.78, 5) is 12.8. The standard InChI is InChI=1S/C22H34N6OSi/c1-22(2)8-7-16-18(12-22)27-28(14-29-9-10-30(4,5)6)19(16)21-25-17-11-15(23-3)13-24-20(17)26-21/h11,13,23H,7-10,12,14H2,1-6H3,(H,24,25,26). The fraction of sp³-hybridized carbons (Fsp3) is 0.591. The minimum atomic E-state index is -1.12. The van der Waals surface area contributed by atoms with E-state index in [1.54, 1.807) is 0 Å². The number of fused-ring (bicyclic) bond motifs is 2. The maximum absolute atomic E-state index is 6.07. The number of nitrogens with zero attached hydrogens (tertiary/aromatic N) is 4. The van der Waals surface area contributed by atoms with Crippen LogP contribution >= 0.6 is 0 Å². The van der Waals surface area contributed by atoms with Crippen LogP contribution in [0.25, 0.3) is 22.7 Å². The fourth-order valence-electron chi connectivity index (χ4n) is 3.99. The number of imidazole rings is 1. The smallest absolute Gasteiger partial charge is 0.158 e. The van der Waals surface area contributed by atoms with Crippen LogP contribution in [0.2, 0.25) is 25.7 Å². The molecule has 1 aliphatic rings. The summed E-state index contributed by atoms with van der Waals surface area (Å²) in [6.07, 6.45) is 4.97. The largest absolute Gasteiger partial charge is 0.387 e. The lowest BCUT2D eigenvalue weighted by molar-refractivity contribution is 0.0793. The number of H-pyrrole nitrogens is 1. The van der Waals surface area contributed by atoms with Gasteiger partial charge in [-0.05, 0) is 36.8 Å². The molecule has 0 aliphatic heterocycles. The van der Waals surface area contributed by atoms with Crippen LogP contribution in [0, 0.1) is 5.41 Å². The Balaban J connectivity index is 1.69.